The number of hydrogen-bond acceptors (Lipinski definition) is 4. The molecule has 5 unspecified atom stereocenters. The third kappa shape index (κ3) is 3.72. The van der Waals surface area contributed by atoms with Gasteiger partial charge in [0.15, 0.2) is 0 Å². The molecule has 3 aliphatic rings. The minimum Gasteiger partial charge on any atom is -0.324 e. The van der Waals surface area contributed by atoms with Gasteiger partial charge in [-0.2, -0.15) is 0 Å². The number of benzene rings is 2. The Bertz CT molecular complexity index is 1300. The number of aryl methyl sites for hydroxylation is 1. The average molecular weight is 542 g/mol. The molecule has 1 aliphatic heterocycles. The van der Waals surface area contributed by atoms with Gasteiger partial charge in [0, 0.05) is 26.2 Å². The smallest absolute Gasteiger partial charge is 0.308 e. The second-order valence-electron chi connectivity index (χ2n) is 9.51. The highest BCUT2D eigenvalue weighted by atomic mass is 79.9. The molecular formula is C26H25BrN2O2S2. The van der Waals surface area contributed by atoms with E-state index in [0.717, 1.165) is 37.5 Å². The third-order valence-electron chi connectivity index (χ3n) is 7.62. The van der Waals surface area contributed by atoms with Gasteiger partial charge in [0.05, 0.1) is 5.03 Å². The molecule has 1 aromatic heterocycles. The molecular weight excluding hydrogens is 516 g/mol. The average Bonchev–Trinajstić information content (AvgIpc) is 3.48. The largest absolute Gasteiger partial charge is 0.324 e. The predicted molar refractivity (Wildman–Crippen MR) is 138 cm³/mol. The summed E-state index contributed by atoms with van der Waals surface area (Å²) in [5.74, 6) is 2.11. The van der Waals surface area contributed by atoms with Crippen LogP contribution in [0.2, 0.25) is 0 Å². The van der Waals surface area contributed by atoms with Crippen LogP contribution in [-0.2, 0) is 11.3 Å². The van der Waals surface area contributed by atoms with Crippen LogP contribution in [0.15, 0.2) is 62.8 Å². The van der Waals surface area contributed by atoms with E-state index < -0.39 is 0 Å². The summed E-state index contributed by atoms with van der Waals surface area (Å²) in [5.41, 5.74) is 3.10. The number of halogens is 1. The molecule has 4 nitrogen and oxygen atoms in total. The summed E-state index contributed by atoms with van der Waals surface area (Å²) in [6.45, 7) is 2.03. The molecule has 0 saturated heterocycles. The molecule has 2 saturated carbocycles. The van der Waals surface area contributed by atoms with Crippen LogP contribution in [-0.4, -0.2) is 15.7 Å². The SMILES string of the molecule is Cc1ccccc1NC(=O)Cn1c2c(sc1=O)C(c1cccc(Br)c1)C1C3CCC(C3)C1S2. The Morgan fingerprint density at radius 2 is 1.97 bits per heavy atom. The topological polar surface area (TPSA) is 51.1 Å². The van der Waals surface area contributed by atoms with Crippen LogP contribution in [0.1, 0.15) is 41.2 Å². The molecule has 1 N–H and O–H groups in total. The fourth-order valence-electron chi connectivity index (χ4n) is 6.21. The number of thiazole rings is 1. The number of fused-ring (bicyclic) bond motifs is 6. The Balaban J connectivity index is 1.38. The molecule has 7 heteroatoms. The van der Waals surface area contributed by atoms with Crippen molar-refractivity contribution in [2.45, 2.75) is 48.9 Å². The van der Waals surface area contributed by atoms with Crippen LogP contribution in [0.4, 0.5) is 5.69 Å². The summed E-state index contributed by atoms with van der Waals surface area (Å²) >= 11 is 6.87. The number of anilines is 1. The van der Waals surface area contributed by atoms with E-state index in [1.165, 1.54) is 36.2 Å². The summed E-state index contributed by atoms with van der Waals surface area (Å²) in [4.78, 5) is 27.2. The van der Waals surface area contributed by atoms with E-state index in [4.69, 9.17) is 0 Å². The normalized spacial score (nSPS) is 27.3. The van der Waals surface area contributed by atoms with Crippen molar-refractivity contribution >= 4 is 50.6 Å². The Kier molecular flexibility index (Phi) is 5.54. The van der Waals surface area contributed by atoms with Crippen LogP contribution in [0.5, 0.6) is 0 Å². The molecule has 2 fully saturated rings. The molecule has 5 atom stereocenters. The van der Waals surface area contributed by atoms with Crippen LogP contribution in [0.25, 0.3) is 0 Å². The fourth-order valence-corrected chi connectivity index (χ4v) is 9.77. The van der Waals surface area contributed by atoms with E-state index >= 15 is 0 Å². The summed E-state index contributed by atoms with van der Waals surface area (Å²) in [6, 6.07) is 16.3. The van der Waals surface area contributed by atoms with Gasteiger partial charge >= 0.3 is 4.87 Å². The Hall–Kier alpha value is -1.83. The van der Waals surface area contributed by atoms with Crippen molar-refractivity contribution in [2.24, 2.45) is 17.8 Å². The van der Waals surface area contributed by atoms with Crippen LogP contribution in [0, 0.1) is 24.7 Å². The van der Waals surface area contributed by atoms with Crippen molar-refractivity contribution in [1.82, 2.24) is 4.57 Å². The Labute approximate surface area is 209 Å². The first-order valence-electron chi connectivity index (χ1n) is 11.5. The van der Waals surface area contributed by atoms with Gasteiger partial charge in [-0.3, -0.25) is 14.2 Å². The van der Waals surface area contributed by atoms with Gasteiger partial charge in [-0.15, -0.1) is 11.8 Å². The van der Waals surface area contributed by atoms with Crippen molar-refractivity contribution < 1.29 is 4.79 Å². The first kappa shape index (κ1) is 21.7. The quantitative estimate of drug-likeness (QED) is 0.424. The van der Waals surface area contributed by atoms with E-state index in [9.17, 15) is 9.59 Å². The maximum atomic E-state index is 13.2. The summed E-state index contributed by atoms with van der Waals surface area (Å²) in [5, 5.41) is 4.54. The molecule has 3 aromatic rings. The number of amides is 1. The highest BCUT2D eigenvalue weighted by Crippen LogP contribution is 2.64. The summed E-state index contributed by atoms with van der Waals surface area (Å²) < 4.78 is 2.80. The lowest BCUT2D eigenvalue weighted by Gasteiger charge is -2.40. The van der Waals surface area contributed by atoms with Gasteiger partial charge in [0.1, 0.15) is 6.54 Å². The van der Waals surface area contributed by atoms with Crippen molar-refractivity contribution in [3.8, 4) is 0 Å². The van der Waals surface area contributed by atoms with Crippen LogP contribution in [0.3, 0.4) is 0 Å². The van der Waals surface area contributed by atoms with Crippen molar-refractivity contribution in [3.05, 3.63) is 78.7 Å². The lowest BCUT2D eigenvalue weighted by atomic mass is 9.75. The van der Waals surface area contributed by atoms with Crippen LogP contribution < -0.4 is 10.2 Å². The zero-order valence-electron chi connectivity index (χ0n) is 18.3. The first-order chi connectivity index (χ1) is 16.0. The second kappa shape index (κ2) is 8.43. The monoisotopic (exact) mass is 540 g/mol. The van der Waals surface area contributed by atoms with Crippen molar-refractivity contribution in [3.63, 3.8) is 0 Å². The van der Waals surface area contributed by atoms with E-state index in [1.54, 1.807) is 4.57 Å². The predicted octanol–water partition coefficient (Wildman–Crippen LogP) is 6.27. The number of rotatable bonds is 4. The molecule has 170 valence electrons. The van der Waals surface area contributed by atoms with Crippen molar-refractivity contribution in [2.75, 3.05) is 5.32 Å². The number of thioether (sulfide) groups is 1. The Morgan fingerprint density at radius 1 is 1.15 bits per heavy atom. The molecule has 33 heavy (non-hydrogen) atoms. The third-order valence-corrected chi connectivity index (χ3v) is 10.9. The van der Waals surface area contributed by atoms with Crippen LogP contribution >= 0.6 is 39.0 Å². The van der Waals surface area contributed by atoms with Crippen molar-refractivity contribution in [1.29, 1.82) is 0 Å². The summed E-state index contributed by atoms with van der Waals surface area (Å²) in [6.07, 6.45) is 3.90. The molecule has 6 rings (SSSR count). The second-order valence-corrected chi connectivity index (χ2v) is 12.6. The van der Waals surface area contributed by atoms with Gasteiger partial charge in [-0.1, -0.05) is 57.6 Å². The number of aromatic nitrogens is 1. The van der Waals surface area contributed by atoms with E-state index in [0.29, 0.717) is 11.2 Å². The number of carbonyl (C=O) groups excluding carboxylic acids is 1. The highest BCUT2D eigenvalue weighted by molar-refractivity contribution is 9.10. The first-order valence-corrected chi connectivity index (χ1v) is 14.0. The maximum absolute atomic E-state index is 13.2. The molecule has 2 aromatic carbocycles. The summed E-state index contributed by atoms with van der Waals surface area (Å²) in [7, 11) is 0. The fraction of sp³-hybridized carbons (Fsp3) is 0.385. The lowest BCUT2D eigenvalue weighted by Crippen LogP contribution is -2.34. The maximum Gasteiger partial charge on any atom is 0.308 e. The molecule has 2 bridgehead atoms. The Morgan fingerprint density at radius 3 is 2.79 bits per heavy atom. The lowest BCUT2D eigenvalue weighted by molar-refractivity contribution is -0.116. The van der Waals surface area contributed by atoms with Gasteiger partial charge in [0.2, 0.25) is 5.91 Å². The van der Waals surface area contributed by atoms with Gasteiger partial charge in [-0.05, 0) is 73.3 Å². The number of carbonyl (C=O) groups is 1. The molecule has 0 radical (unpaired) electrons. The van der Waals surface area contributed by atoms with Gasteiger partial charge < -0.3 is 5.32 Å². The minimum atomic E-state index is -0.151. The zero-order chi connectivity index (χ0) is 22.7. The van der Waals surface area contributed by atoms with Gasteiger partial charge in [-0.25, -0.2) is 0 Å². The number of hydrogen-bond donors (Lipinski definition) is 1. The van der Waals surface area contributed by atoms with E-state index in [-0.39, 0.29) is 23.2 Å². The molecule has 0 spiro atoms. The zero-order valence-corrected chi connectivity index (χ0v) is 21.5. The number of nitrogens with one attached hydrogen (secondary N) is 1. The molecule has 1 amide bonds. The van der Waals surface area contributed by atoms with E-state index in [1.807, 2.05) is 43.0 Å². The van der Waals surface area contributed by atoms with E-state index in [2.05, 4.69) is 45.5 Å². The standard InChI is InChI=1S/C26H25BrN2O2S2/c1-14-5-2-3-8-19(14)28-20(30)13-29-25-24(33-26(29)31)22(15-6-4-7-18(27)12-15)21-16-9-10-17(11-16)23(21)32-25/h2-8,12,16-17,21-23H,9-11,13H2,1H3,(H,28,30). The number of para-hydroxylation sites is 1. The minimum absolute atomic E-state index is 0.0280. The number of nitrogens with zero attached hydrogens (tertiary/aromatic N) is 1. The molecule has 2 heterocycles. The highest BCUT2D eigenvalue weighted by Gasteiger charge is 2.55. The molecule has 2 aliphatic carbocycles. The van der Waals surface area contributed by atoms with Gasteiger partial charge in [0.25, 0.3) is 0 Å².